The van der Waals surface area contributed by atoms with Gasteiger partial charge in [0, 0.05) is 41.8 Å². The van der Waals surface area contributed by atoms with E-state index in [1.54, 1.807) is 38.6 Å². The summed E-state index contributed by atoms with van der Waals surface area (Å²) in [5.41, 5.74) is 1.24. The number of hydrogen-bond donors (Lipinski definition) is 3. The molecule has 3 rings (SSSR count). The van der Waals surface area contributed by atoms with Crippen LogP contribution in [0.15, 0.2) is 36.5 Å². The van der Waals surface area contributed by atoms with Gasteiger partial charge >= 0.3 is 10.2 Å². The Morgan fingerprint density at radius 3 is 2.72 bits per heavy atom. The van der Waals surface area contributed by atoms with Gasteiger partial charge in [-0.3, -0.25) is 9.48 Å². The number of nitrogens with zero attached hydrogens (tertiary/aromatic N) is 3. The molecule has 0 radical (unpaired) electrons. The highest BCUT2D eigenvalue weighted by Gasteiger charge is 2.18. The molecule has 0 aliphatic carbocycles. The molecule has 0 bridgehead atoms. The molecule has 1 amide bonds. The van der Waals surface area contributed by atoms with Gasteiger partial charge in [0.15, 0.2) is 0 Å². The van der Waals surface area contributed by atoms with Crippen molar-refractivity contribution in [2.24, 2.45) is 7.05 Å². The molecule has 1 aromatic carbocycles. The third-order valence-corrected chi connectivity index (χ3v) is 6.07. The van der Waals surface area contributed by atoms with Gasteiger partial charge in [-0.15, -0.1) is 0 Å². The van der Waals surface area contributed by atoms with Crippen LogP contribution in [-0.4, -0.2) is 45.9 Å². The van der Waals surface area contributed by atoms with Gasteiger partial charge in [0.2, 0.25) is 0 Å². The first-order valence-electron chi connectivity index (χ1n) is 9.89. The zero-order valence-electron chi connectivity index (χ0n) is 18.3. The third-order valence-electron chi connectivity index (χ3n) is 4.78. The fourth-order valence-corrected chi connectivity index (χ4v) is 4.25. The van der Waals surface area contributed by atoms with Crippen molar-refractivity contribution < 1.29 is 18.3 Å². The summed E-state index contributed by atoms with van der Waals surface area (Å²) in [6, 6.07) is 7.47. The molecule has 0 saturated carbocycles. The number of amides is 1. The van der Waals surface area contributed by atoms with Crippen LogP contribution in [0.3, 0.4) is 0 Å². The molecule has 3 N–H and O–H groups in total. The highest BCUT2D eigenvalue weighted by atomic mass is 35.5. The summed E-state index contributed by atoms with van der Waals surface area (Å²) in [7, 11) is -2.26. The van der Waals surface area contributed by atoms with E-state index in [1.807, 2.05) is 33.7 Å². The summed E-state index contributed by atoms with van der Waals surface area (Å²) in [4.78, 5) is 12.2. The van der Waals surface area contributed by atoms with E-state index in [4.69, 9.17) is 11.6 Å². The number of halogens is 1. The van der Waals surface area contributed by atoms with Crippen LogP contribution in [0.1, 0.15) is 31.5 Å². The van der Waals surface area contributed by atoms with E-state index in [2.05, 4.69) is 9.82 Å². The number of hydrogen-bond acceptors (Lipinski definition) is 5. The SMILES string of the molecule is Cc1nn(C)c(-n2ccc3cc(Cl)ccc32)c1/C=C/C(=O)NS(=O)(=O)NCCC(C)(C)O. The lowest BCUT2D eigenvalue weighted by Crippen LogP contribution is -2.41. The van der Waals surface area contributed by atoms with Crippen molar-refractivity contribution >= 4 is 44.7 Å². The molecule has 0 fully saturated rings. The van der Waals surface area contributed by atoms with Gasteiger partial charge in [0.1, 0.15) is 5.82 Å². The number of fused-ring (bicyclic) bond motifs is 1. The van der Waals surface area contributed by atoms with E-state index in [0.717, 1.165) is 22.8 Å². The van der Waals surface area contributed by atoms with Crippen LogP contribution >= 0.6 is 11.6 Å². The minimum Gasteiger partial charge on any atom is -0.390 e. The lowest BCUT2D eigenvalue weighted by atomic mass is 10.1. The van der Waals surface area contributed by atoms with Gasteiger partial charge in [0.05, 0.1) is 16.8 Å². The average Bonchev–Trinajstić information content (AvgIpc) is 3.17. The maximum atomic E-state index is 12.2. The Morgan fingerprint density at radius 1 is 1.31 bits per heavy atom. The van der Waals surface area contributed by atoms with Crippen LogP contribution in [0.4, 0.5) is 0 Å². The molecule has 0 spiro atoms. The monoisotopic (exact) mass is 479 g/mol. The van der Waals surface area contributed by atoms with Crippen molar-refractivity contribution in [3.63, 3.8) is 0 Å². The molecular weight excluding hydrogens is 454 g/mol. The predicted molar refractivity (Wildman–Crippen MR) is 125 cm³/mol. The Balaban J connectivity index is 1.81. The quantitative estimate of drug-likeness (QED) is 0.429. The number of carbonyl (C=O) groups is 1. The first-order chi connectivity index (χ1) is 14.9. The zero-order valence-corrected chi connectivity index (χ0v) is 19.8. The van der Waals surface area contributed by atoms with Crippen LogP contribution in [0, 0.1) is 6.92 Å². The van der Waals surface area contributed by atoms with Crippen LogP contribution < -0.4 is 9.44 Å². The number of benzene rings is 1. The largest absolute Gasteiger partial charge is 0.390 e. The van der Waals surface area contributed by atoms with Crippen molar-refractivity contribution in [2.45, 2.75) is 32.8 Å². The van der Waals surface area contributed by atoms with E-state index in [-0.39, 0.29) is 13.0 Å². The van der Waals surface area contributed by atoms with Crippen LogP contribution in [0.25, 0.3) is 22.8 Å². The van der Waals surface area contributed by atoms with Gasteiger partial charge in [-0.25, -0.2) is 4.72 Å². The van der Waals surface area contributed by atoms with E-state index < -0.39 is 21.7 Å². The predicted octanol–water partition coefficient (Wildman–Crippen LogP) is 2.45. The van der Waals surface area contributed by atoms with E-state index in [9.17, 15) is 18.3 Å². The first-order valence-corrected chi connectivity index (χ1v) is 11.7. The molecule has 172 valence electrons. The maximum Gasteiger partial charge on any atom is 0.301 e. The van der Waals surface area contributed by atoms with Crippen LogP contribution in [0.2, 0.25) is 5.02 Å². The molecule has 3 aromatic rings. The molecule has 2 heterocycles. The van der Waals surface area contributed by atoms with Crippen molar-refractivity contribution in [1.29, 1.82) is 0 Å². The number of nitrogens with one attached hydrogen (secondary N) is 2. The van der Waals surface area contributed by atoms with E-state index in [1.165, 1.54) is 6.08 Å². The average molecular weight is 480 g/mol. The molecule has 0 aliphatic rings. The molecular formula is C21H26ClN5O4S. The smallest absolute Gasteiger partial charge is 0.301 e. The lowest BCUT2D eigenvalue weighted by Gasteiger charge is -2.16. The highest BCUT2D eigenvalue weighted by Crippen LogP contribution is 2.27. The Morgan fingerprint density at radius 2 is 2.03 bits per heavy atom. The fourth-order valence-electron chi connectivity index (χ4n) is 3.29. The standard InChI is InChI=1S/C21H26ClN5O4S/c1-14-17(6-8-19(28)25-32(30,31)23-11-10-21(2,3)29)20(26(4)24-14)27-12-9-15-13-16(22)5-7-18(15)27/h5-9,12-13,23,29H,10-11H2,1-4H3,(H,25,28)/b8-6+. The molecule has 9 nitrogen and oxygen atoms in total. The second-order valence-electron chi connectivity index (χ2n) is 8.10. The van der Waals surface area contributed by atoms with Gasteiger partial charge in [-0.2, -0.15) is 18.2 Å². The summed E-state index contributed by atoms with van der Waals surface area (Å²) in [5, 5.41) is 15.7. The molecule has 0 saturated heterocycles. The number of aryl methyl sites for hydroxylation is 2. The van der Waals surface area contributed by atoms with E-state index in [0.29, 0.717) is 16.3 Å². The third kappa shape index (κ3) is 5.77. The summed E-state index contributed by atoms with van der Waals surface area (Å²) >= 11 is 6.08. The minimum absolute atomic E-state index is 0.00753. The maximum absolute atomic E-state index is 12.2. The Labute approximate surface area is 191 Å². The molecule has 2 aromatic heterocycles. The van der Waals surface area contributed by atoms with Gasteiger partial charge in [0.25, 0.3) is 5.91 Å². The van der Waals surface area contributed by atoms with Gasteiger partial charge < -0.3 is 9.67 Å². The molecule has 0 unspecified atom stereocenters. The lowest BCUT2D eigenvalue weighted by molar-refractivity contribution is -0.114. The molecule has 11 heteroatoms. The summed E-state index contributed by atoms with van der Waals surface area (Å²) in [6.45, 7) is 4.93. The second kappa shape index (κ2) is 9.07. The van der Waals surface area contributed by atoms with E-state index >= 15 is 0 Å². The van der Waals surface area contributed by atoms with Crippen LogP contribution in [0.5, 0.6) is 0 Å². The summed E-state index contributed by atoms with van der Waals surface area (Å²) in [5.74, 6) is -0.0888. The summed E-state index contributed by atoms with van der Waals surface area (Å²) < 4.78 is 31.9. The van der Waals surface area contributed by atoms with Crippen molar-refractivity contribution in [2.75, 3.05) is 6.54 Å². The van der Waals surface area contributed by atoms with Crippen molar-refractivity contribution in [3.8, 4) is 5.82 Å². The molecule has 0 aliphatic heterocycles. The summed E-state index contributed by atoms with van der Waals surface area (Å²) in [6.07, 6.45) is 4.75. The minimum atomic E-state index is -4.05. The zero-order chi connectivity index (χ0) is 23.7. The van der Waals surface area contributed by atoms with Crippen molar-refractivity contribution in [1.82, 2.24) is 23.8 Å². The first kappa shape index (κ1) is 24.0. The number of rotatable bonds is 8. The highest BCUT2D eigenvalue weighted by molar-refractivity contribution is 7.88. The normalized spacial score (nSPS) is 12.7. The molecule has 0 atom stereocenters. The second-order valence-corrected chi connectivity index (χ2v) is 10.0. The number of aliphatic hydroxyl groups is 1. The number of carbonyl (C=O) groups excluding carboxylic acids is 1. The topological polar surface area (TPSA) is 118 Å². The van der Waals surface area contributed by atoms with Gasteiger partial charge in [-0.1, -0.05) is 11.6 Å². The Kier molecular flexibility index (Phi) is 6.80. The van der Waals surface area contributed by atoms with Gasteiger partial charge in [-0.05, 0) is 57.5 Å². The molecule has 32 heavy (non-hydrogen) atoms. The fraction of sp³-hybridized carbons (Fsp3) is 0.333. The van der Waals surface area contributed by atoms with Crippen molar-refractivity contribution in [3.05, 3.63) is 52.8 Å². The Hall–Kier alpha value is -2.66. The number of aromatic nitrogens is 3. The van der Waals surface area contributed by atoms with Crippen LogP contribution in [-0.2, 0) is 22.1 Å². The Bertz CT molecular complexity index is 1290.